The summed E-state index contributed by atoms with van der Waals surface area (Å²) in [7, 11) is 0. The van der Waals surface area contributed by atoms with Gasteiger partial charge >= 0.3 is 18.3 Å². The smallest absolute Gasteiger partial charge is 0.478 e. The number of thiazole rings is 1. The van der Waals surface area contributed by atoms with E-state index in [2.05, 4.69) is 14.9 Å². The first-order chi connectivity index (χ1) is 20.5. The standard InChI is InChI=1S/C28H20Cl2F3N3O6S/c29-15-2-1-3-16(30)20(15)23-21(24(42-35-23)11-4-5-11)26(39)40-17-9-14-6-13(17)10-36(14)27-34-22-18(41-28(31,32)33)7-12(25(37)38)8-19(22)43-27/h1-3,7-8,11,13-14,17H,4-6,9-10H2,(H,37,38)/t13-,14-,17+/m0/s1. The molecule has 4 aromatic rings. The van der Waals surface area contributed by atoms with E-state index in [-0.39, 0.29) is 44.9 Å². The van der Waals surface area contributed by atoms with Gasteiger partial charge in [-0.1, -0.05) is 45.8 Å². The number of nitrogens with zero attached hydrogens (tertiary/aromatic N) is 3. The summed E-state index contributed by atoms with van der Waals surface area (Å²) in [6.45, 7) is 0.450. The lowest BCUT2D eigenvalue weighted by Crippen LogP contribution is -2.39. The molecule has 3 fully saturated rings. The van der Waals surface area contributed by atoms with Gasteiger partial charge in [-0.05, 0) is 43.5 Å². The lowest BCUT2D eigenvalue weighted by Gasteiger charge is -2.31. The fourth-order valence-corrected chi connectivity index (χ4v) is 7.62. The second-order valence-corrected chi connectivity index (χ2v) is 12.6. The third-order valence-corrected chi connectivity index (χ3v) is 9.64. The molecular weight excluding hydrogens is 634 g/mol. The van der Waals surface area contributed by atoms with Crippen LogP contribution in [0.3, 0.4) is 0 Å². The molecule has 2 aromatic carbocycles. The van der Waals surface area contributed by atoms with Crippen LogP contribution < -0.4 is 9.64 Å². The van der Waals surface area contributed by atoms with E-state index >= 15 is 0 Å². The van der Waals surface area contributed by atoms with Crippen LogP contribution in [0.2, 0.25) is 10.0 Å². The third-order valence-electron chi connectivity index (χ3n) is 7.97. The molecule has 224 valence electrons. The average molecular weight is 654 g/mol. The molecule has 2 aliphatic carbocycles. The van der Waals surface area contributed by atoms with Crippen LogP contribution in [0.25, 0.3) is 21.5 Å². The van der Waals surface area contributed by atoms with E-state index in [9.17, 15) is 27.9 Å². The molecule has 3 aliphatic rings. The van der Waals surface area contributed by atoms with Crippen LogP contribution in [0.15, 0.2) is 34.9 Å². The highest BCUT2D eigenvalue weighted by atomic mass is 35.5. The number of fused-ring (bicyclic) bond motifs is 3. The normalized spacial score (nSPS) is 21.5. The highest BCUT2D eigenvalue weighted by molar-refractivity contribution is 7.22. The van der Waals surface area contributed by atoms with Crippen molar-refractivity contribution in [3.05, 3.63) is 57.3 Å². The zero-order chi connectivity index (χ0) is 30.2. The van der Waals surface area contributed by atoms with Gasteiger partial charge in [0.05, 0.1) is 20.3 Å². The second kappa shape index (κ2) is 10.3. The number of alkyl halides is 3. The molecule has 15 heteroatoms. The van der Waals surface area contributed by atoms with Gasteiger partial charge in [0, 0.05) is 36.4 Å². The quantitative estimate of drug-likeness (QED) is 0.202. The van der Waals surface area contributed by atoms with Crippen LogP contribution in [-0.2, 0) is 4.74 Å². The Bertz CT molecular complexity index is 1770. The fourth-order valence-electron chi connectivity index (χ4n) is 5.94. The van der Waals surface area contributed by atoms with Crippen LogP contribution in [0.5, 0.6) is 5.75 Å². The van der Waals surface area contributed by atoms with Gasteiger partial charge in [-0.15, -0.1) is 13.2 Å². The molecule has 2 saturated carbocycles. The number of carbonyl (C=O) groups excluding carboxylic acids is 1. The Morgan fingerprint density at radius 2 is 1.88 bits per heavy atom. The van der Waals surface area contributed by atoms with E-state index in [1.165, 1.54) is 6.07 Å². The molecule has 3 heterocycles. The number of anilines is 1. The maximum Gasteiger partial charge on any atom is 0.573 e. The first-order valence-corrected chi connectivity index (χ1v) is 14.9. The van der Waals surface area contributed by atoms with Crippen molar-refractivity contribution in [3.8, 4) is 17.0 Å². The van der Waals surface area contributed by atoms with Gasteiger partial charge in [-0.25, -0.2) is 14.6 Å². The molecule has 1 aliphatic heterocycles. The number of piperidine rings is 1. The summed E-state index contributed by atoms with van der Waals surface area (Å²) in [5, 5.41) is 14.6. The molecular formula is C28H20Cl2F3N3O6S. The Balaban J connectivity index is 1.12. The van der Waals surface area contributed by atoms with E-state index < -0.39 is 30.2 Å². The van der Waals surface area contributed by atoms with E-state index in [1.807, 2.05) is 4.90 Å². The summed E-state index contributed by atoms with van der Waals surface area (Å²) >= 11 is 13.9. The monoisotopic (exact) mass is 653 g/mol. The molecule has 3 atom stereocenters. The van der Waals surface area contributed by atoms with Crippen molar-refractivity contribution in [2.45, 2.75) is 50.1 Å². The predicted octanol–water partition coefficient (Wildman–Crippen LogP) is 7.56. The highest BCUT2D eigenvalue weighted by Crippen LogP contribution is 2.48. The summed E-state index contributed by atoms with van der Waals surface area (Å²) in [6, 6.07) is 7.00. The van der Waals surface area contributed by atoms with Crippen LogP contribution in [-0.4, -0.2) is 52.2 Å². The maximum absolute atomic E-state index is 13.6. The number of ether oxygens (including phenoxy) is 2. The topological polar surface area (TPSA) is 115 Å². The summed E-state index contributed by atoms with van der Waals surface area (Å²) in [5.41, 5.74) is 0.435. The number of hydrogen-bond acceptors (Lipinski definition) is 9. The lowest BCUT2D eigenvalue weighted by molar-refractivity contribution is -0.274. The molecule has 0 spiro atoms. The number of aromatic carboxylic acids is 1. The van der Waals surface area contributed by atoms with E-state index in [4.69, 9.17) is 32.5 Å². The zero-order valence-electron chi connectivity index (χ0n) is 21.9. The van der Waals surface area contributed by atoms with Crippen molar-refractivity contribution in [1.82, 2.24) is 10.1 Å². The summed E-state index contributed by atoms with van der Waals surface area (Å²) < 4.78 is 55.1. The second-order valence-electron chi connectivity index (χ2n) is 10.8. The number of carboxylic acid groups (broad SMARTS) is 1. The van der Waals surface area contributed by atoms with Crippen LogP contribution >= 0.6 is 34.5 Å². The minimum absolute atomic E-state index is 0.0574. The number of rotatable bonds is 7. The average Bonchev–Trinajstić information content (AvgIpc) is 3.26. The van der Waals surface area contributed by atoms with Gasteiger partial charge in [0.2, 0.25) is 0 Å². The number of carboxylic acids is 1. The van der Waals surface area contributed by atoms with Crippen molar-refractivity contribution >= 4 is 61.8 Å². The van der Waals surface area contributed by atoms with Gasteiger partial charge in [0.25, 0.3) is 0 Å². The Morgan fingerprint density at radius 3 is 2.51 bits per heavy atom. The van der Waals surface area contributed by atoms with E-state index in [0.717, 1.165) is 30.2 Å². The summed E-state index contributed by atoms with van der Waals surface area (Å²) in [5.74, 6) is -2.17. The molecule has 2 bridgehead atoms. The molecule has 1 saturated heterocycles. The number of carbonyl (C=O) groups is 2. The first kappa shape index (κ1) is 28.2. The minimum Gasteiger partial charge on any atom is -0.478 e. The van der Waals surface area contributed by atoms with Crippen molar-refractivity contribution in [1.29, 1.82) is 0 Å². The Morgan fingerprint density at radius 1 is 1.14 bits per heavy atom. The minimum atomic E-state index is -5.02. The Kier molecular flexibility index (Phi) is 6.75. The SMILES string of the molecule is O=C(O)c1cc(OC(F)(F)F)c2nc(N3C[C@@H]4C[C@H]3C[C@H]4OC(=O)c3c(-c4c(Cl)cccc4Cl)noc3C3CC3)sc2c1. The summed E-state index contributed by atoms with van der Waals surface area (Å²) in [6.07, 6.45) is -2.55. The van der Waals surface area contributed by atoms with E-state index in [0.29, 0.717) is 45.9 Å². The zero-order valence-corrected chi connectivity index (χ0v) is 24.2. The van der Waals surface area contributed by atoms with Gasteiger partial charge in [0.15, 0.2) is 16.6 Å². The summed E-state index contributed by atoms with van der Waals surface area (Å²) in [4.78, 5) is 31.5. The number of aromatic nitrogens is 2. The first-order valence-electron chi connectivity index (χ1n) is 13.3. The predicted molar refractivity (Wildman–Crippen MR) is 150 cm³/mol. The number of esters is 1. The van der Waals surface area contributed by atoms with Crippen LogP contribution in [0, 0.1) is 5.92 Å². The largest absolute Gasteiger partial charge is 0.573 e. The molecule has 43 heavy (non-hydrogen) atoms. The molecule has 0 unspecified atom stereocenters. The molecule has 2 aromatic heterocycles. The van der Waals surface area contributed by atoms with E-state index in [1.54, 1.807) is 18.2 Å². The van der Waals surface area contributed by atoms with Gasteiger partial charge in [-0.3, -0.25) is 0 Å². The molecule has 0 amide bonds. The fraction of sp³-hybridized carbons (Fsp3) is 0.357. The van der Waals surface area contributed by atoms with Crippen molar-refractivity contribution in [2.75, 3.05) is 11.4 Å². The van der Waals surface area contributed by atoms with Gasteiger partial charge in [-0.2, -0.15) is 0 Å². The van der Waals surface area contributed by atoms with Crippen molar-refractivity contribution in [3.63, 3.8) is 0 Å². The Hall–Kier alpha value is -3.55. The highest BCUT2D eigenvalue weighted by Gasteiger charge is 2.48. The molecule has 1 N–H and O–H groups in total. The maximum atomic E-state index is 13.6. The number of halogens is 5. The van der Waals surface area contributed by atoms with Crippen molar-refractivity contribution < 1.29 is 41.9 Å². The number of benzene rings is 2. The Labute approximate surface area is 255 Å². The van der Waals surface area contributed by atoms with Gasteiger partial charge in [0.1, 0.15) is 22.9 Å². The lowest BCUT2D eigenvalue weighted by atomic mass is 10.0. The molecule has 7 rings (SSSR count). The molecule has 0 radical (unpaired) electrons. The van der Waals surface area contributed by atoms with Crippen molar-refractivity contribution in [2.24, 2.45) is 5.92 Å². The van der Waals surface area contributed by atoms with Crippen LogP contribution in [0.4, 0.5) is 18.3 Å². The third kappa shape index (κ3) is 5.17. The molecule has 9 nitrogen and oxygen atoms in total. The number of hydrogen-bond donors (Lipinski definition) is 1. The van der Waals surface area contributed by atoms with Crippen LogP contribution in [0.1, 0.15) is 58.1 Å². The van der Waals surface area contributed by atoms with Gasteiger partial charge < -0.3 is 24.0 Å².